The van der Waals surface area contributed by atoms with Crippen molar-refractivity contribution in [3.05, 3.63) is 47.9 Å². The molecule has 0 aliphatic heterocycles. The van der Waals surface area contributed by atoms with Gasteiger partial charge in [-0.15, -0.1) is 0 Å². The smallest absolute Gasteiger partial charge is 0.126 e. The third kappa shape index (κ3) is 5.52. The maximum atomic E-state index is 5.64. The van der Waals surface area contributed by atoms with Crippen LogP contribution in [0.15, 0.2) is 47.9 Å². The van der Waals surface area contributed by atoms with Crippen LogP contribution in [0.1, 0.15) is 53.4 Å². The molecule has 0 bridgehead atoms. The van der Waals surface area contributed by atoms with Gasteiger partial charge in [-0.25, -0.2) is 0 Å². The quantitative estimate of drug-likeness (QED) is 0.553. The molecule has 2 heteroatoms. The number of hydrogen-bond acceptors (Lipinski definition) is 2. The van der Waals surface area contributed by atoms with E-state index in [1.54, 1.807) is 0 Å². The normalized spacial score (nSPS) is 9.80. The first-order valence-electron chi connectivity index (χ1n) is 7.52. The molecule has 1 rings (SSSR count). The molecule has 0 N–H and O–H groups in total. The van der Waals surface area contributed by atoms with Crippen LogP contribution in [-0.2, 0) is 0 Å². The first kappa shape index (κ1) is 16.4. The fraction of sp³-hybridized carbons (Fsp3) is 0.444. The third-order valence-electron chi connectivity index (χ3n) is 3.36. The second kappa shape index (κ2) is 9.24. The Bertz CT molecular complexity index is 386. The molecular formula is C18H26O2. The Labute approximate surface area is 123 Å². The molecule has 1 aromatic carbocycles. The van der Waals surface area contributed by atoms with E-state index < -0.39 is 0 Å². The zero-order chi connectivity index (χ0) is 14.8. The van der Waals surface area contributed by atoms with Crippen molar-refractivity contribution < 1.29 is 9.47 Å². The van der Waals surface area contributed by atoms with Crippen molar-refractivity contribution in [1.82, 2.24) is 0 Å². The van der Waals surface area contributed by atoms with Gasteiger partial charge in [-0.2, -0.15) is 0 Å². The predicted octanol–water partition coefficient (Wildman–Crippen LogP) is 5.85. The lowest BCUT2D eigenvalue weighted by Gasteiger charge is -2.06. The summed E-state index contributed by atoms with van der Waals surface area (Å²) in [6, 6.07) is 7.72. The number of hydrogen-bond donors (Lipinski definition) is 0. The van der Waals surface area contributed by atoms with Crippen LogP contribution in [0.4, 0.5) is 0 Å². The van der Waals surface area contributed by atoms with Crippen molar-refractivity contribution in [2.24, 2.45) is 0 Å². The molecule has 20 heavy (non-hydrogen) atoms. The van der Waals surface area contributed by atoms with Crippen LogP contribution in [0.25, 0.3) is 0 Å². The van der Waals surface area contributed by atoms with Gasteiger partial charge in [0.05, 0.1) is 12.5 Å². The second-order valence-corrected chi connectivity index (χ2v) is 4.67. The fourth-order valence-electron chi connectivity index (χ4n) is 1.73. The van der Waals surface area contributed by atoms with Crippen molar-refractivity contribution in [2.45, 2.75) is 53.4 Å². The van der Waals surface area contributed by atoms with Gasteiger partial charge >= 0.3 is 0 Å². The first-order valence-corrected chi connectivity index (χ1v) is 7.52. The Hall–Kier alpha value is -1.70. The monoisotopic (exact) mass is 274 g/mol. The van der Waals surface area contributed by atoms with Crippen molar-refractivity contribution in [3.8, 4) is 11.5 Å². The summed E-state index contributed by atoms with van der Waals surface area (Å²) in [6.07, 6.45) is 7.81. The third-order valence-corrected chi connectivity index (χ3v) is 3.36. The fourth-order valence-corrected chi connectivity index (χ4v) is 1.73. The Morgan fingerprint density at radius 1 is 0.700 bits per heavy atom. The van der Waals surface area contributed by atoms with E-state index in [9.17, 15) is 0 Å². The number of allylic oxidation sites excluding steroid dienone is 2. The molecule has 110 valence electrons. The minimum absolute atomic E-state index is 0.840. The average molecular weight is 274 g/mol. The molecule has 2 nitrogen and oxygen atoms in total. The van der Waals surface area contributed by atoms with Gasteiger partial charge in [-0.05, 0) is 61.1 Å². The summed E-state index contributed by atoms with van der Waals surface area (Å²) in [5, 5.41) is 0. The maximum absolute atomic E-state index is 5.64. The van der Waals surface area contributed by atoms with Crippen LogP contribution in [0.5, 0.6) is 11.5 Å². The van der Waals surface area contributed by atoms with Gasteiger partial charge in [-0.1, -0.05) is 27.7 Å². The molecule has 1 aromatic rings. The lowest BCUT2D eigenvalue weighted by molar-refractivity contribution is 0.458. The van der Waals surface area contributed by atoms with E-state index in [0.717, 1.165) is 37.2 Å². The summed E-state index contributed by atoms with van der Waals surface area (Å²) < 4.78 is 11.3. The van der Waals surface area contributed by atoms with Crippen molar-refractivity contribution in [3.63, 3.8) is 0 Å². The minimum Gasteiger partial charge on any atom is -0.465 e. The molecular weight excluding hydrogens is 248 g/mol. The average Bonchev–Trinajstić information content (AvgIpc) is 2.50. The standard InChI is InChI=1S/C18H26O2/c1-5-15(6-2)13-19-17-9-11-18(12-10-17)20-14-16(7-3)8-4/h9-14H,5-8H2,1-4H3. The molecule has 0 aliphatic carbocycles. The van der Waals surface area contributed by atoms with E-state index in [1.807, 2.05) is 36.8 Å². The molecule has 0 heterocycles. The lowest BCUT2D eigenvalue weighted by Crippen LogP contribution is -1.89. The van der Waals surface area contributed by atoms with E-state index in [4.69, 9.17) is 9.47 Å². The molecule has 0 radical (unpaired) electrons. The maximum Gasteiger partial charge on any atom is 0.126 e. The molecule has 0 spiro atoms. The molecule has 0 aromatic heterocycles. The van der Waals surface area contributed by atoms with Gasteiger partial charge in [0, 0.05) is 0 Å². The van der Waals surface area contributed by atoms with Gasteiger partial charge in [0.1, 0.15) is 11.5 Å². The zero-order valence-electron chi connectivity index (χ0n) is 13.1. The summed E-state index contributed by atoms with van der Waals surface area (Å²) >= 11 is 0. The Morgan fingerprint density at radius 3 is 1.25 bits per heavy atom. The highest BCUT2D eigenvalue weighted by Gasteiger charge is 1.97. The number of benzene rings is 1. The van der Waals surface area contributed by atoms with Crippen LogP contribution in [0, 0.1) is 0 Å². The molecule has 0 amide bonds. The van der Waals surface area contributed by atoms with Gasteiger partial charge in [0.15, 0.2) is 0 Å². The van der Waals surface area contributed by atoms with E-state index in [1.165, 1.54) is 11.1 Å². The van der Waals surface area contributed by atoms with E-state index >= 15 is 0 Å². The molecule has 0 fully saturated rings. The molecule has 0 saturated heterocycles. The second-order valence-electron chi connectivity index (χ2n) is 4.67. The highest BCUT2D eigenvalue weighted by Crippen LogP contribution is 2.20. The van der Waals surface area contributed by atoms with Gasteiger partial charge < -0.3 is 9.47 Å². The van der Waals surface area contributed by atoms with Crippen LogP contribution in [0.3, 0.4) is 0 Å². The summed E-state index contributed by atoms with van der Waals surface area (Å²) in [5.74, 6) is 1.68. The molecule has 0 aliphatic rings. The topological polar surface area (TPSA) is 18.5 Å². The highest BCUT2D eigenvalue weighted by atomic mass is 16.5. The number of rotatable bonds is 8. The summed E-state index contributed by atoms with van der Waals surface area (Å²) in [6.45, 7) is 8.56. The predicted molar refractivity (Wildman–Crippen MR) is 85.0 cm³/mol. The van der Waals surface area contributed by atoms with E-state index in [-0.39, 0.29) is 0 Å². The summed E-state index contributed by atoms with van der Waals surface area (Å²) in [7, 11) is 0. The van der Waals surface area contributed by atoms with Crippen LogP contribution < -0.4 is 9.47 Å². The minimum atomic E-state index is 0.840. The molecule has 0 unspecified atom stereocenters. The number of ether oxygens (including phenoxy) is 2. The Balaban J connectivity index is 2.60. The molecule has 0 atom stereocenters. The van der Waals surface area contributed by atoms with Gasteiger partial charge in [0.2, 0.25) is 0 Å². The van der Waals surface area contributed by atoms with Crippen LogP contribution in [-0.4, -0.2) is 0 Å². The molecule has 0 saturated carbocycles. The van der Waals surface area contributed by atoms with Gasteiger partial charge in [-0.3, -0.25) is 0 Å². The Kier molecular flexibility index (Phi) is 7.56. The van der Waals surface area contributed by atoms with E-state index in [0.29, 0.717) is 0 Å². The SMILES string of the molecule is CCC(=COc1ccc(OC=C(CC)CC)cc1)CC. The van der Waals surface area contributed by atoms with Crippen molar-refractivity contribution >= 4 is 0 Å². The van der Waals surface area contributed by atoms with Crippen molar-refractivity contribution in [2.75, 3.05) is 0 Å². The van der Waals surface area contributed by atoms with Crippen LogP contribution in [0.2, 0.25) is 0 Å². The van der Waals surface area contributed by atoms with Crippen LogP contribution >= 0.6 is 0 Å². The lowest BCUT2D eigenvalue weighted by atomic mass is 10.2. The zero-order valence-corrected chi connectivity index (χ0v) is 13.1. The van der Waals surface area contributed by atoms with Gasteiger partial charge in [0.25, 0.3) is 0 Å². The largest absolute Gasteiger partial charge is 0.465 e. The highest BCUT2D eigenvalue weighted by molar-refractivity contribution is 5.32. The first-order chi connectivity index (χ1) is 9.73. The summed E-state index contributed by atoms with van der Waals surface area (Å²) in [5.41, 5.74) is 2.62. The summed E-state index contributed by atoms with van der Waals surface area (Å²) in [4.78, 5) is 0. The van der Waals surface area contributed by atoms with Crippen molar-refractivity contribution in [1.29, 1.82) is 0 Å². The Morgan fingerprint density at radius 2 is 1.00 bits per heavy atom. The van der Waals surface area contributed by atoms with E-state index in [2.05, 4.69) is 27.7 Å².